The first-order valence-electron chi connectivity index (χ1n) is 9.03. The van der Waals surface area contributed by atoms with Gasteiger partial charge in [-0.05, 0) is 18.2 Å². The number of hydrogen-bond acceptors (Lipinski definition) is 8. The van der Waals surface area contributed by atoms with Crippen LogP contribution in [0.4, 0.5) is 5.95 Å². The molecule has 0 unspecified atom stereocenters. The van der Waals surface area contributed by atoms with E-state index >= 15 is 0 Å². The van der Waals surface area contributed by atoms with E-state index in [4.69, 9.17) is 4.98 Å². The van der Waals surface area contributed by atoms with E-state index in [2.05, 4.69) is 29.9 Å². The summed E-state index contributed by atoms with van der Waals surface area (Å²) in [4.78, 5) is 21.9. The highest BCUT2D eigenvalue weighted by atomic mass is 16.3. The van der Waals surface area contributed by atoms with Crippen molar-refractivity contribution in [2.75, 3.05) is 37.7 Å². The largest absolute Gasteiger partial charge is 0.394 e. The third kappa shape index (κ3) is 4.09. The van der Waals surface area contributed by atoms with Gasteiger partial charge in [0.25, 0.3) is 0 Å². The molecule has 0 spiro atoms. The molecule has 0 saturated carbocycles. The van der Waals surface area contributed by atoms with Gasteiger partial charge in [0.15, 0.2) is 5.82 Å². The van der Waals surface area contributed by atoms with Gasteiger partial charge in [0.05, 0.1) is 19.7 Å². The molecule has 0 bridgehead atoms. The molecular formula is C18H22N8O. The molecule has 1 aliphatic heterocycles. The van der Waals surface area contributed by atoms with E-state index in [0.717, 1.165) is 43.5 Å². The quantitative estimate of drug-likeness (QED) is 0.672. The summed E-state index contributed by atoms with van der Waals surface area (Å²) < 4.78 is 1.79. The molecule has 0 aromatic carbocycles. The van der Waals surface area contributed by atoms with Crippen LogP contribution in [-0.2, 0) is 13.1 Å². The predicted molar refractivity (Wildman–Crippen MR) is 99.9 cm³/mol. The highest BCUT2D eigenvalue weighted by molar-refractivity contribution is 5.53. The molecule has 0 amide bonds. The lowest BCUT2D eigenvalue weighted by Crippen LogP contribution is -2.46. The summed E-state index contributed by atoms with van der Waals surface area (Å²) in [5, 5.41) is 13.9. The molecule has 9 nitrogen and oxygen atoms in total. The Morgan fingerprint density at radius 3 is 2.41 bits per heavy atom. The Kier molecular flexibility index (Phi) is 5.31. The molecule has 1 fully saturated rings. The number of aliphatic hydroxyl groups is 1. The van der Waals surface area contributed by atoms with Gasteiger partial charge in [0.2, 0.25) is 5.95 Å². The second kappa shape index (κ2) is 8.19. The van der Waals surface area contributed by atoms with Gasteiger partial charge in [0.1, 0.15) is 5.82 Å². The van der Waals surface area contributed by atoms with Crippen molar-refractivity contribution in [3.8, 4) is 11.4 Å². The number of piperazine rings is 1. The van der Waals surface area contributed by atoms with Gasteiger partial charge in [-0.2, -0.15) is 5.10 Å². The second-order valence-corrected chi connectivity index (χ2v) is 6.35. The Balaban J connectivity index is 1.44. The summed E-state index contributed by atoms with van der Waals surface area (Å²) in [6, 6.07) is 5.61. The molecule has 3 aromatic rings. The molecule has 4 heterocycles. The van der Waals surface area contributed by atoms with Crippen molar-refractivity contribution < 1.29 is 5.11 Å². The lowest BCUT2D eigenvalue weighted by molar-refractivity contribution is 0.229. The molecule has 1 saturated heterocycles. The molecule has 27 heavy (non-hydrogen) atoms. The molecular weight excluding hydrogens is 344 g/mol. The number of hydrogen-bond donors (Lipinski definition) is 1. The molecule has 4 rings (SSSR count). The van der Waals surface area contributed by atoms with Gasteiger partial charge in [-0.15, -0.1) is 0 Å². The van der Waals surface area contributed by atoms with Gasteiger partial charge in [-0.25, -0.2) is 19.6 Å². The Bertz CT molecular complexity index is 846. The zero-order chi connectivity index (χ0) is 18.5. The van der Waals surface area contributed by atoms with Crippen molar-refractivity contribution in [1.82, 2.24) is 34.6 Å². The van der Waals surface area contributed by atoms with Crippen molar-refractivity contribution in [3.63, 3.8) is 0 Å². The fraction of sp³-hybridized carbons (Fsp3) is 0.389. The summed E-state index contributed by atoms with van der Waals surface area (Å²) in [6.07, 6.45) is 7.00. The summed E-state index contributed by atoms with van der Waals surface area (Å²) in [7, 11) is 0. The van der Waals surface area contributed by atoms with E-state index in [1.165, 1.54) is 0 Å². The summed E-state index contributed by atoms with van der Waals surface area (Å²) in [6.45, 7) is 4.70. The lowest BCUT2D eigenvalue weighted by atomic mass is 10.2. The first-order chi connectivity index (χ1) is 13.3. The predicted octanol–water partition coefficient (Wildman–Crippen LogP) is 0.445. The molecule has 3 aromatic heterocycles. The van der Waals surface area contributed by atoms with Crippen molar-refractivity contribution in [2.45, 2.75) is 13.1 Å². The average molecular weight is 366 g/mol. The van der Waals surface area contributed by atoms with Gasteiger partial charge in [-0.1, -0.05) is 0 Å². The van der Waals surface area contributed by atoms with Crippen molar-refractivity contribution >= 4 is 5.95 Å². The zero-order valence-electron chi connectivity index (χ0n) is 15.0. The second-order valence-electron chi connectivity index (χ2n) is 6.35. The van der Waals surface area contributed by atoms with E-state index in [0.29, 0.717) is 18.9 Å². The van der Waals surface area contributed by atoms with Gasteiger partial charge in [-0.3, -0.25) is 9.88 Å². The maximum Gasteiger partial charge on any atom is 0.225 e. The molecule has 140 valence electrons. The number of pyridine rings is 1. The SMILES string of the molecule is OCCn1nc(-c2ccncc2)nc1CN1CCN(c2ncccn2)CC1. The van der Waals surface area contributed by atoms with Crippen LogP contribution in [-0.4, -0.2) is 72.5 Å². The molecule has 9 heteroatoms. The van der Waals surface area contributed by atoms with E-state index in [1.54, 1.807) is 29.5 Å². The molecule has 0 radical (unpaired) electrons. The minimum atomic E-state index is 0.0330. The molecule has 0 aliphatic carbocycles. The van der Waals surface area contributed by atoms with Crippen molar-refractivity contribution in [1.29, 1.82) is 0 Å². The average Bonchev–Trinajstić information content (AvgIpc) is 3.13. The van der Waals surface area contributed by atoms with E-state index in [9.17, 15) is 5.11 Å². The van der Waals surface area contributed by atoms with Crippen molar-refractivity contribution in [3.05, 3.63) is 48.8 Å². The third-order valence-corrected chi connectivity index (χ3v) is 4.57. The van der Waals surface area contributed by atoms with Crippen LogP contribution < -0.4 is 4.90 Å². The normalized spacial score (nSPS) is 15.2. The van der Waals surface area contributed by atoms with Gasteiger partial charge in [0, 0.05) is 56.5 Å². The number of aliphatic hydroxyl groups excluding tert-OH is 1. The first-order valence-corrected chi connectivity index (χ1v) is 9.03. The van der Waals surface area contributed by atoms with Crippen LogP contribution in [0.1, 0.15) is 5.82 Å². The van der Waals surface area contributed by atoms with Crippen molar-refractivity contribution in [2.24, 2.45) is 0 Å². The number of rotatable bonds is 6. The van der Waals surface area contributed by atoms with Crippen LogP contribution in [0.25, 0.3) is 11.4 Å². The maximum atomic E-state index is 9.36. The minimum absolute atomic E-state index is 0.0330. The monoisotopic (exact) mass is 366 g/mol. The van der Waals surface area contributed by atoms with E-state index in [1.807, 2.05) is 18.2 Å². The Morgan fingerprint density at radius 2 is 1.70 bits per heavy atom. The molecule has 1 N–H and O–H groups in total. The van der Waals surface area contributed by atoms with Crippen LogP contribution in [0.5, 0.6) is 0 Å². The lowest BCUT2D eigenvalue weighted by Gasteiger charge is -2.34. The number of anilines is 1. The van der Waals surface area contributed by atoms with Gasteiger partial charge < -0.3 is 10.0 Å². The minimum Gasteiger partial charge on any atom is -0.394 e. The van der Waals surface area contributed by atoms with Crippen LogP contribution >= 0.6 is 0 Å². The van der Waals surface area contributed by atoms with E-state index < -0.39 is 0 Å². The Labute approximate surface area is 157 Å². The Hall–Kier alpha value is -2.91. The zero-order valence-corrected chi connectivity index (χ0v) is 15.0. The number of nitrogens with zero attached hydrogens (tertiary/aromatic N) is 8. The fourth-order valence-corrected chi connectivity index (χ4v) is 3.15. The van der Waals surface area contributed by atoms with Crippen LogP contribution in [0.2, 0.25) is 0 Å². The smallest absolute Gasteiger partial charge is 0.225 e. The highest BCUT2D eigenvalue weighted by Gasteiger charge is 2.21. The standard InChI is InChI=1S/C18H22N8O/c27-13-12-26-16(22-17(23-26)15-2-6-19-7-3-15)14-24-8-10-25(11-9-24)18-20-4-1-5-21-18/h1-7,27H,8-14H2. The topological polar surface area (TPSA) is 96.1 Å². The molecule has 1 aliphatic rings. The van der Waals surface area contributed by atoms with Crippen LogP contribution in [0.15, 0.2) is 43.0 Å². The number of aromatic nitrogens is 6. The van der Waals surface area contributed by atoms with Crippen LogP contribution in [0.3, 0.4) is 0 Å². The highest BCUT2D eigenvalue weighted by Crippen LogP contribution is 2.17. The summed E-state index contributed by atoms with van der Waals surface area (Å²) in [5.41, 5.74) is 0.925. The fourth-order valence-electron chi connectivity index (χ4n) is 3.15. The molecule has 0 atom stereocenters. The Morgan fingerprint density at radius 1 is 0.963 bits per heavy atom. The summed E-state index contributed by atoms with van der Waals surface area (Å²) >= 11 is 0. The first kappa shape index (κ1) is 17.5. The third-order valence-electron chi connectivity index (χ3n) is 4.57. The van der Waals surface area contributed by atoms with Gasteiger partial charge >= 0.3 is 0 Å². The maximum absolute atomic E-state index is 9.36. The van der Waals surface area contributed by atoms with E-state index in [-0.39, 0.29) is 6.61 Å². The van der Waals surface area contributed by atoms with Crippen LogP contribution in [0, 0.1) is 0 Å². The summed E-state index contributed by atoms with van der Waals surface area (Å²) in [5.74, 6) is 2.30.